The van der Waals surface area contributed by atoms with E-state index < -0.39 is 10.0 Å². The summed E-state index contributed by atoms with van der Waals surface area (Å²) in [6, 6.07) is 23.7. The molecular weight excluding hydrogens is 515 g/mol. The van der Waals surface area contributed by atoms with Crippen LogP contribution in [-0.2, 0) is 23.1 Å². The molecule has 1 aromatic heterocycles. The van der Waals surface area contributed by atoms with E-state index in [0.29, 0.717) is 32.3 Å². The van der Waals surface area contributed by atoms with Crippen molar-refractivity contribution < 1.29 is 12.8 Å². The maximum atomic E-state index is 13.4. The van der Waals surface area contributed by atoms with Gasteiger partial charge in [-0.2, -0.15) is 4.31 Å². The molecule has 0 aliphatic heterocycles. The van der Waals surface area contributed by atoms with E-state index in [0.717, 1.165) is 5.56 Å². The van der Waals surface area contributed by atoms with Crippen LogP contribution in [0.25, 0.3) is 0 Å². The molecule has 0 fully saturated rings. The minimum Gasteiger partial charge on any atom is -0.459 e. The highest BCUT2D eigenvalue weighted by atomic mass is 35.5. The first-order chi connectivity index (χ1) is 16.3. The Labute approximate surface area is 213 Å². The minimum absolute atomic E-state index is 0.0264. The molecule has 1 heterocycles. The van der Waals surface area contributed by atoms with E-state index in [1.54, 1.807) is 72.9 Å². The number of hydrogen-bond acceptors (Lipinski definition) is 4. The van der Waals surface area contributed by atoms with Crippen LogP contribution in [0.3, 0.4) is 0 Å². The molecule has 174 valence electrons. The number of halogens is 3. The number of furan rings is 1. The second-order valence-corrected chi connectivity index (χ2v) is 10.6. The van der Waals surface area contributed by atoms with Gasteiger partial charge in [-0.05, 0) is 72.3 Å². The van der Waals surface area contributed by atoms with Crippen LogP contribution in [0.2, 0.25) is 15.1 Å². The lowest BCUT2D eigenvalue weighted by Gasteiger charge is -2.21. The summed E-state index contributed by atoms with van der Waals surface area (Å²) in [7, 11) is -3.84. The van der Waals surface area contributed by atoms with E-state index in [2.05, 4.69) is 4.99 Å². The summed E-state index contributed by atoms with van der Waals surface area (Å²) < 4.78 is 34.1. The van der Waals surface area contributed by atoms with Crippen molar-refractivity contribution in [1.82, 2.24) is 4.31 Å². The third kappa shape index (κ3) is 6.29. The van der Waals surface area contributed by atoms with E-state index >= 15 is 0 Å². The van der Waals surface area contributed by atoms with Crippen molar-refractivity contribution in [2.24, 2.45) is 4.99 Å². The molecule has 0 saturated heterocycles. The second-order valence-electron chi connectivity index (χ2n) is 7.40. The Morgan fingerprint density at radius 2 is 1.47 bits per heavy atom. The predicted molar refractivity (Wildman–Crippen MR) is 137 cm³/mol. The Kier molecular flexibility index (Phi) is 7.76. The fourth-order valence-electron chi connectivity index (χ4n) is 3.19. The van der Waals surface area contributed by atoms with Gasteiger partial charge < -0.3 is 4.42 Å². The highest BCUT2D eigenvalue weighted by molar-refractivity contribution is 7.89. The summed E-state index contributed by atoms with van der Waals surface area (Å²) in [5.41, 5.74) is 1.47. The molecule has 0 saturated carbocycles. The van der Waals surface area contributed by atoms with Crippen LogP contribution in [0.1, 0.15) is 17.1 Å². The lowest BCUT2D eigenvalue weighted by Crippen LogP contribution is -2.30. The number of benzene rings is 3. The molecule has 0 aliphatic rings. The largest absolute Gasteiger partial charge is 0.459 e. The average Bonchev–Trinajstić information content (AvgIpc) is 3.26. The molecule has 4 aromatic rings. The number of nitrogens with zero attached hydrogens (tertiary/aromatic N) is 2. The molecule has 0 atom stereocenters. The Morgan fingerprint density at radius 3 is 2.15 bits per heavy atom. The zero-order chi connectivity index (χ0) is 24.1. The van der Waals surface area contributed by atoms with Gasteiger partial charge in [-0.15, -0.1) is 0 Å². The van der Waals surface area contributed by atoms with Gasteiger partial charge in [-0.1, -0.05) is 53.0 Å². The zero-order valence-corrected chi connectivity index (χ0v) is 20.8. The Morgan fingerprint density at radius 1 is 0.794 bits per heavy atom. The molecule has 0 aliphatic carbocycles. The molecule has 0 spiro atoms. The number of aliphatic imine (C=N–C) groups is 1. The van der Waals surface area contributed by atoms with Gasteiger partial charge in [0.05, 0.1) is 23.3 Å². The summed E-state index contributed by atoms with van der Waals surface area (Å²) >= 11 is 17.9. The lowest BCUT2D eigenvalue weighted by atomic mass is 10.2. The fourth-order valence-corrected chi connectivity index (χ4v) is 5.02. The van der Waals surface area contributed by atoms with Crippen LogP contribution in [0.15, 0.2) is 99.2 Å². The van der Waals surface area contributed by atoms with Crippen molar-refractivity contribution in [3.05, 3.63) is 117 Å². The van der Waals surface area contributed by atoms with Gasteiger partial charge in [0.25, 0.3) is 0 Å². The first-order valence-corrected chi connectivity index (χ1v) is 12.8. The molecule has 3 aromatic carbocycles. The summed E-state index contributed by atoms with van der Waals surface area (Å²) in [6.07, 6.45) is 1.56. The van der Waals surface area contributed by atoms with E-state index in [1.807, 2.05) is 6.07 Å². The van der Waals surface area contributed by atoms with E-state index in [-0.39, 0.29) is 18.0 Å². The Balaban J connectivity index is 1.59. The third-order valence-electron chi connectivity index (χ3n) is 4.89. The maximum absolute atomic E-state index is 13.4. The van der Waals surface area contributed by atoms with Crippen LogP contribution in [0.4, 0.5) is 5.69 Å². The molecule has 5 nitrogen and oxygen atoms in total. The molecule has 0 amide bonds. The molecule has 34 heavy (non-hydrogen) atoms. The summed E-state index contributed by atoms with van der Waals surface area (Å²) in [4.78, 5) is 4.49. The standard InChI is InChI=1S/C25H19Cl3N2O3S/c26-19-6-4-18(5-7-19)16-30(34(31,32)25-12-8-20(27)9-13-25)17-24-11-10-23(33-24)15-29-22-3-1-2-21(28)14-22/h1-15H,16-17H2. The average molecular weight is 534 g/mol. The number of rotatable bonds is 8. The molecule has 0 bridgehead atoms. The van der Waals surface area contributed by atoms with Gasteiger partial charge in [0.15, 0.2) is 0 Å². The van der Waals surface area contributed by atoms with Crippen LogP contribution >= 0.6 is 34.8 Å². The van der Waals surface area contributed by atoms with Crippen LogP contribution in [0.5, 0.6) is 0 Å². The maximum Gasteiger partial charge on any atom is 0.243 e. The predicted octanol–water partition coefficient (Wildman–Crippen LogP) is 7.38. The lowest BCUT2D eigenvalue weighted by molar-refractivity contribution is 0.357. The van der Waals surface area contributed by atoms with Gasteiger partial charge in [-0.25, -0.2) is 8.42 Å². The van der Waals surface area contributed by atoms with Crippen molar-refractivity contribution >= 4 is 56.7 Å². The first-order valence-electron chi connectivity index (χ1n) is 10.2. The molecule has 0 radical (unpaired) electrons. The topological polar surface area (TPSA) is 62.9 Å². The van der Waals surface area contributed by atoms with E-state index in [1.165, 1.54) is 16.4 Å². The van der Waals surface area contributed by atoms with Crippen LogP contribution < -0.4 is 0 Å². The quantitative estimate of drug-likeness (QED) is 0.222. The fraction of sp³-hybridized carbons (Fsp3) is 0.0800. The zero-order valence-electron chi connectivity index (χ0n) is 17.7. The van der Waals surface area contributed by atoms with E-state index in [9.17, 15) is 8.42 Å². The summed E-state index contributed by atoms with van der Waals surface area (Å²) in [6.45, 7) is 0.160. The van der Waals surface area contributed by atoms with Crippen molar-refractivity contribution in [1.29, 1.82) is 0 Å². The highest BCUT2D eigenvalue weighted by Crippen LogP contribution is 2.24. The smallest absolute Gasteiger partial charge is 0.243 e. The summed E-state index contributed by atoms with van der Waals surface area (Å²) in [5.74, 6) is 0.962. The third-order valence-corrected chi connectivity index (χ3v) is 7.43. The second kappa shape index (κ2) is 10.8. The van der Waals surface area contributed by atoms with Gasteiger partial charge in [-0.3, -0.25) is 4.99 Å². The van der Waals surface area contributed by atoms with Crippen LogP contribution in [-0.4, -0.2) is 18.9 Å². The Bertz CT molecular complexity index is 1400. The van der Waals surface area contributed by atoms with Gasteiger partial charge in [0, 0.05) is 21.6 Å². The van der Waals surface area contributed by atoms with Gasteiger partial charge in [0.2, 0.25) is 10.0 Å². The SMILES string of the molecule is O=S(=O)(c1ccc(Cl)cc1)N(Cc1ccc(Cl)cc1)Cc1ccc(C=Nc2cccc(Cl)c2)o1. The normalized spacial score (nSPS) is 12.0. The minimum atomic E-state index is -3.84. The monoisotopic (exact) mass is 532 g/mol. The molecular formula is C25H19Cl3N2O3S. The molecule has 0 unspecified atom stereocenters. The number of sulfonamides is 1. The van der Waals surface area contributed by atoms with Crippen molar-refractivity contribution in [2.75, 3.05) is 0 Å². The van der Waals surface area contributed by atoms with Crippen molar-refractivity contribution in [3.8, 4) is 0 Å². The molecule has 9 heteroatoms. The first kappa shape index (κ1) is 24.5. The van der Waals surface area contributed by atoms with Crippen molar-refractivity contribution in [2.45, 2.75) is 18.0 Å². The van der Waals surface area contributed by atoms with E-state index in [4.69, 9.17) is 39.2 Å². The van der Waals surface area contributed by atoms with Gasteiger partial charge in [0.1, 0.15) is 11.5 Å². The van der Waals surface area contributed by atoms with Crippen LogP contribution in [0, 0.1) is 0 Å². The van der Waals surface area contributed by atoms with Gasteiger partial charge >= 0.3 is 0 Å². The number of hydrogen-bond donors (Lipinski definition) is 0. The molecule has 4 rings (SSSR count). The molecule has 0 N–H and O–H groups in total. The highest BCUT2D eigenvalue weighted by Gasteiger charge is 2.26. The Hall–Kier alpha value is -2.61. The van der Waals surface area contributed by atoms with Crippen molar-refractivity contribution in [3.63, 3.8) is 0 Å². The summed E-state index contributed by atoms with van der Waals surface area (Å²) in [5, 5.41) is 1.61.